The van der Waals surface area contributed by atoms with Gasteiger partial charge in [-0.05, 0) is 12.5 Å². The number of carboxylic acids is 1. The van der Waals surface area contributed by atoms with Crippen molar-refractivity contribution in [2.75, 3.05) is 5.75 Å². The van der Waals surface area contributed by atoms with Crippen LogP contribution in [0.5, 0.6) is 0 Å². The van der Waals surface area contributed by atoms with Crippen LogP contribution in [0.15, 0.2) is 23.4 Å². The lowest BCUT2D eigenvalue weighted by Crippen LogP contribution is -2.08. The maximum absolute atomic E-state index is 11.7. The van der Waals surface area contributed by atoms with Gasteiger partial charge in [-0.2, -0.15) is 0 Å². The van der Waals surface area contributed by atoms with Gasteiger partial charge in [0.25, 0.3) is 0 Å². The summed E-state index contributed by atoms with van der Waals surface area (Å²) in [4.78, 5) is 14.3. The number of unbranched alkanes of at least 4 members (excludes halogenated alkanes) is 1. The van der Waals surface area contributed by atoms with Crippen LogP contribution in [0.1, 0.15) is 30.1 Å². The average molecular weight is 243 g/mol. The third-order valence-corrected chi connectivity index (χ3v) is 3.85. The summed E-state index contributed by atoms with van der Waals surface area (Å²) in [6.45, 7) is 1.89. The van der Waals surface area contributed by atoms with E-state index in [2.05, 4.69) is 4.98 Å². The van der Waals surface area contributed by atoms with Crippen molar-refractivity contribution in [1.29, 1.82) is 0 Å². The van der Waals surface area contributed by atoms with Crippen LogP contribution in [0.4, 0.5) is 0 Å². The zero-order valence-electron chi connectivity index (χ0n) is 8.88. The molecule has 0 aromatic carbocycles. The Morgan fingerprint density at radius 3 is 2.69 bits per heavy atom. The molecule has 0 bridgehead atoms. The summed E-state index contributed by atoms with van der Waals surface area (Å²) in [5.41, 5.74) is -0.113. The van der Waals surface area contributed by atoms with E-state index in [0.29, 0.717) is 6.42 Å². The van der Waals surface area contributed by atoms with Gasteiger partial charge >= 0.3 is 5.97 Å². The number of carbonyl (C=O) groups is 1. The van der Waals surface area contributed by atoms with Crippen molar-refractivity contribution < 1.29 is 18.3 Å². The predicted octanol–water partition coefficient (Wildman–Crippen LogP) is 1.35. The van der Waals surface area contributed by atoms with E-state index in [1.165, 1.54) is 6.20 Å². The molecule has 0 saturated heterocycles. The number of nitrogens with zero attached hydrogens (tertiary/aromatic N) is 1. The SMILES string of the molecule is CCCCS(=O)(=O)c1cncc(C(=O)O)c1. The molecule has 6 heteroatoms. The van der Waals surface area contributed by atoms with Crippen molar-refractivity contribution in [1.82, 2.24) is 4.98 Å². The second-order valence-electron chi connectivity index (χ2n) is 3.39. The minimum absolute atomic E-state index is 0.0221. The maximum Gasteiger partial charge on any atom is 0.337 e. The van der Waals surface area contributed by atoms with E-state index < -0.39 is 15.8 Å². The number of rotatable bonds is 5. The molecule has 0 radical (unpaired) electrons. The first-order chi connectivity index (χ1) is 7.47. The van der Waals surface area contributed by atoms with Crippen LogP contribution in [-0.2, 0) is 9.84 Å². The molecule has 0 saturated carbocycles. The van der Waals surface area contributed by atoms with E-state index in [4.69, 9.17) is 5.11 Å². The Morgan fingerprint density at radius 2 is 2.12 bits per heavy atom. The van der Waals surface area contributed by atoms with Gasteiger partial charge in [0.05, 0.1) is 16.2 Å². The Kier molecular flexibility index (Phi) is 4.00. The molecule has 1 heterocycles. The van der Waals surface area contributed by atoms with E-state index in [1.54, 1.807) is 0 Å². The number of sulfone groups is 1. The molecule has 88 valence electrons. The van der Waals surface area contributed by atoms with Gasteiger partial charge in [-0.3, -0.25) is 4.98 Å². The van der Waals surface area contributed by atoms with Crippen molar-refractivity contribution in [3.8, 4) is 0 Å². The van der Waals surface area contributed by atoms with Gasteiger partial charge in [0.15, 0.2) is 9.84 Å². The molecule has 0 spiro atoms. The third-order valence-electron chi connectivity index (χ3n) is 2.09. The molecule has 1 rings (SSSR count). The van der Waals surface area contributed by atoms with E-state index in [-0.39, 0.29) is 16.2 Å². The molecule has 1 aromatic heterocycles. The van der Waals surface area contributed by atoms with Gasteiger partial charge in [-0.15, -0.1) is 0 Å². The Balaban J connectivity index is 3.04. The van der Waals surface area contributed by atoms with Crippen LogP contribution in [0.3, 0.4) is 0 Å². The highest BCUT2D eigenvalue weighted by Crippen LogP contribution is 2.13. The minimum atomic E-state index is -3.40. The fourth-order valence-electron chi connectivity index (χ4n) is 1.16. The lowest BCUT2D eigenvalue weighted by atomic mass is 10.3. The van der Waals surface area contributed by atoms with Gasteiger partial charge in [0, 0.05) is 12.4 Å². The predicted molar refractivity (Wildman–Crippen MR) is 58.2 cm³/mol. The first-order valence-corrected chi connectivity index (χ1v) is 6.53. The maximum atomic E-state index is 11.7. The highest BCUT2D eigenvalue weighted by atomic mass is 32.2. The number of aromatic nitrogens is 1. The summed E-state index contributed by atoms with van der Waals surface area (Å²) in [5, 5.41) is 8.72. The van der Waals surface area contributed by atoms with E-state index in [0.717, 1.165) is 18.7 Å². The van der Waals surface area contributed by atoms with Crippen molar-refractivity contribution in [3.63, 3.8) is 0 Å². The number of pyridine rings is 1. The van der Waals surface area contributed by atoms with Crippen LogP contribution >= 0.6 is 0 Å². The van der Waals surface area contributed by atoms with E-state index >= 15 is 0 Å². The highest BCUT2D eigenvalue weighted by molar-refractivity contribution is 7.91. The highest BCUT2D eigenvalue weighted by Gasteiger charge is 2.16. The van der Waals surface area contributed by atoms with Crippen molar-refractivity contribution >= 4 is 15.8 Å². The fourth-order valence-corrected chi connectivity index (χ4v) is 2.59. The number of hydrogen-bond donors (Lipinski definition) is 1. The molecule has 0 aliphatic rings. The molecule has 0 amide bonds. The van der Waals surface area contributed by atoms with E-state index in [1.807, 2.05) is 6.92 Å². The molecular weight excluding hydrogens is 230 g/mol. The molecule has 0 unspecified atom stereocenters. The molecule has 0 fully saturated rings. The summed E-state index contributed by atoms with van der Waals surface area (Å²) in [6.07, 6.45) is 3.63. The summed E-state index contributed by atoms with van der Waals surface area (Å²) in [7, 11) is -3.40. The molecule has 0 aliphatic carbocycles. The topological polar surface area (TPSA) is 84.3 Å². The summed E-state index contributed by atoms with van der Waals surface area (Å²) < 4.78 is 23.5. The Labute approximate surface area is 94.1 Å². The van der Waals surface area contributed by atoms with Crippen molar-refractivity contribution in [2.45, 2.75) is 24.7 Å². The second kappa shape index (κ2) is 5.07. The monoisotopic (exact) mass is 243 g/mol. The minimum Gasteiger partial charge on any atom is -0.478 e. The first kappa shape index (κ1) is 12.6. The smallest absolute Gasteiger partial charge is 0.337 e. The molecule has 16 heavy (non-hydrogen) atoms. The van der Waals surface area contributed by atoms with Gasteiger partial charge in [-0.25, -0.2) is 13.2 Å². The van der Waals surface area contributed by atoms with Gasteiger partial charge in [0.2, 0.25) is 0 Å². The quantitative estimate of drug-likeness (QED) is 0.843. The molecule has 1 N–H and O–H groups in total. The summed E-state index contributed by atoms with van der Waals surface area (Å²) in [6, 6.07) is 1.14. The van der Waals surface area contributed by atoms with Crippen molar-refractivity contribution in [3.05, 3.63) is 24.0 Å². The van der Waals surface area contributed by atoms with E-state index in [9.17, 15) is 13.2 Å². The Hall–Kier alpha value is -1.43. The Bertz CT molecular complexity index is 481. The van der Waals surface area contributed by atoms with Crippen LogP contribution in [-0.4, -0.2) is 30.2 Å². The summed E-state index contributed by atoms with van der Waals surface area (Å²) >= 11 is 0. The van der Waals surface area contributed by atoms with Crippen LogP contribution in [0.2, 0.25) is 0 Å². The fraction of sp³-hybridized carbons (Fsp3) is 0.400. The number of hydrogen-bond acceptors (Lipinski definition) is 4. The zero-order valence-corrected chi connectivity index (χ0v) is 9.70. The van der Waals surface area contributed by atoms with Gasteiger partial charge in [0.1, 0.15) is 0 Å². The summed E-state index contributed by atoms with van der Waals surface area (Å²) in [5.74, 6) is -1.16. The second-order valence-corrected chi connectivity index (χ2v) is 5.50. The average Bonchev–Trinajstić information content (AvgIpc) is 2.26. The standard InChI is InChI=1S/C10H13NO4S/c1-2-3-4-16(14,15)9-5-8(10(12)13)6-11-7-9/h5-7H,2-4H2,1H3,(H,12,13). The third kappa shape index (κ3) is 3.03. The normalized spacial score (nSPS) is 11.3. The lowest BCUT2D eigenvalue weighted by molar-refractivity contribution is 0.0696. The number of carboxylic acid groups (broad SMARTS) is 1. The van der Waals surface area contributed by atoms with Crippen molar-refractivity contribution in [2.24, 2.45) is 0 Å². The lowest BCUT2D eigenvalue weighted by Gasteiger charge is -2.03. The Morgan fingerprint density at radius 1 is 1.44 bits per heavy atom. The molecular formula is C10H13NO4S. The van der Waals surface area contributed by atoms with Gasteiger partial charge in [-0.1, -0.05) is 13.3 Å². The molecule has 0 atom stereocenters. The molecule has 5 nitrogen and oxygen atoms in total. The number of aromatic carboxylic acids is 1. The molecule has 1 aromatic rings. The zero-order chi connectivity index (χ0) is 12.2. The molecule has 0 aliphatic heterocycles. The van der Waals surface area contributed by atoms with Crippen LogP contribution in [0.25, 0.3) is 0 Å². The van der Waals surface area contributed by atoms with Crippen LogP contribution < -0.4 is 0 Å². The largest absolute Gasteiger partial charge is 0.478 e. The van der Waals surface area contributed by atoms with Gasteiger partial charge < -0.3 is 5.11 Å². The first-order valence-electron chi connectivity index (χ1n) is 4.88. The van der Waals surface area contributed by atoms with Crippen LogP contribution in [0, 0.1) is 0 Å².